The van der Waals surface area contributed by atoms with Crippen LogP contribution in [-0.2, 0) is 4.79 Å². The number of rotatable bonds is 0. The van der Waals surface area contributed by atoms with Gasteiger partial charge in [0.2, 0.25) is 5.91 Å². The van der Waals surface area contributed by atoms with Gasteiger partial charge in [-0.25, -0.2) is 0 Å². The van der Waals surface area contributed by atoms with Crippen molar-refractivity contribution in [3.8, 4) is 0 Å². The zero-order valence-corrected chi connectivity index (χ0v) is 9.37. The molecule has 2 heterocycles. The summed E-state index contributed by atoms with van der Waals surface area (Å²) < 4.78 is 0. The number of carbonyl (C=O) groups excluding carboxylic acids is 1. The van der Waals surface area contributed by atoms with Gasteiger partial charge in [0, 0.05) is 0 Å². The fourth-order valence-corrected chi connectivity index (χ4v) is 2.42. The SMILES string of the molecule is CC1(C)C(=O)NC2Nc3ccccc3NC21. The van der Waals surface area contributed by atoms with Crippen molar-refractivity contribution in [3.05, 3.63) is 24.3 Å². The van der Waals surface area contributed by atoms with Gasteiger partial charge in [-0.05, 0) is 26.0 Å². The quantitative estimate of drug-likeness (QED) is 0.615. The number of amides is 1. The van der Waals surface area contributed by atoms with Crippen LogP contribution in [0.15, 0.2) is 24.3 Å². The van der Waals surface area contributed by atoms with Gasteiger partial charge in [0.1, 0.15) is 6.17 Å². The fraction of sp³-hybridized carbons (Fsp3) is 0.417. The van der Waals surface area contributed by atoms with Crippen LogP contribution in [0.5, 0.6) is 0 Å². The summed E-state index contributed by atoms with van der Waals surface area (Å²) in [5.41, 5.74) is 1.72. The Labute approximate surface area is 94.4 Å². The second-order valence-corrected chi connectivity index (χ2v) is 4.98. The van der Waals surface area contributed by atoms with Crippen molar-refractivity contribution in [2.45, 2.75) is 26.1 Å². The molecule has 0 spiro atoms. The molecule has 2 aliphatic rings. The van der Waals surface area contributed by atoms with E-state index < -0.39 is 0 Å². The first-order chi connectivity index (χ1) is 7.59. The van der Waals surface area contributed by atoms with Crippen LogP contribution >= 0.6 is 0 Å². The van der Waals surface area contributed by atoms with E-state index in [0.29, 0.717) is 0 Å². The highest BCUT2D eigenvalue weighted by molar-refractivity contribution is 5.89. The molecular formula is C12H15N3O. The summed E-state index contributed by atoms with van der Waals surface area (Å²) in [6, 6.07) is 8.10. The Hall–Kier alpha value is -1.71. The summed E-state index contributed by atoms with van der Waals surface area (Å²) in [6.07, 6.45) is -0.0163. The van der Waals surface area contributed by atoms with Crippen LogP contribution in [0, 0.1) is 5.41 Å². The molecule has 4 nitrogen and oxygen atoms in total. The third-order valence-electron chi connectivity index (χ3n) is 3.53. The zero-order valence-electron chi connectivity index (χ0n) is 9.37. The first-order valence-electron chi connectivity index (χ1n) is 5.52. The Morgan fingerprint density at radius 3 is 2.38 bits per heavy atom. The van der Waals surface area contributed by atoms with Gasteiger partial charge >= 0.3 is 0 Å². The van der Waals surface area contributed by atoms with Crippen molar-refractivity contribution in [2.75, 3.05) is 10.6 Å². The van der Waals surface area contributed by atoms with Crippen molar-refractivity contribution in [1.29, 1.82) is 0 Å². The van der Waals surface area contributed by atoms with E-state index in [1.807, 2.05) is 38.1 Å². The summed E-state index contributed by atoms with van der Waals surface area (Å²) in [5, 5.41) is 9.76. The number of benzene rings is 1. The van der Waals surface area contributed by atoms with Gasteiger partial charge in [0.15, 0.2) is 0 Å². The van der Waals surface area contributed by atoms with Crippen molar-refractivity contribution in [3.63, 3.8) is 0 Å². The molecule has 2 unspecified atom stereocenters. The van der Waals surface area contributed by atoms with Crippen LogP contribution in [0.25, 0.3) is 0 Å². The number of hydrogen-bond acceptors (Lipinski definition) is 3. The van der Waals surface area contributed by atoms with E-state index in [1.165, 1.54) is 0 Å². The van der Waals surface area contributed by atoms with E-state index in [1.54, 1.807) is 0 Å². The Morgan fingerprint density at radius 2 is 1.69 bits per heavy atom. The minimum absolute atomic E-state index is 0.0163. The molecular weight excluding hydrogens is 202 g/mol. The zero-order chi connectivity index (χ0) is 11.3. The maximum Gasteiger partial charge on any atom is 0.229 e. The van der Waals surface area contributed by atoms with E-state index in [0.717, 1.165) is 11.4 Å². The van der Waals surface area contributed by atoms with Gasteiger partial charge < -0.3 is 16.0 Å². The first-order valence-corrected chi connectivity index (χ1v) is 5.52. The van der Waals surface area contributed by atoms with Crippen molar-refractivity contribution in [1.82, 2.24) is 5.32 Å². The molecule has 1 aromatic carbocycles. The molecule has 84 valence electrons. The molecule has 0 aromatic heterocycles. The number of nitrogens with one attached hydrogen (secondary N) is 3. The Balaban J connectivity index is 2.00. The first kappa shape index (κ1) is 9.51. The standard InChI is InChI=1S/C12H15N3O/c1-12(2)9-10(15-11(12)16)14-8-6-4-3-5-7(8)13-9/h3-6,9-10,13-14H,1-2H3,(H,15,16). The molecule has 1 amide bonds. The average molecular weight is 217 g/mol. The van der Waals surface area contributed by atoms with Crippen LogP contribution in [0.2, 0.25) is 0 Å². The summed E-state index contributed by atoms with van der Waals surface area (Å²) in [7, 11) is 0. The molecule has 3 N–H and O–H groups in total. The molecule has 1 fully saturated rings. The number of anilines is 2. The highest BCUT2D eigenvalue weighted by Crippen LogP contribution is 2.38. The Kier molecular flexibility index (Phi) is 1.73. The van der Waals surface area contributed by atoms with E-state index in [4.69, 9.17) is 0 Å². The smallest absolute Gasteiger partial charge is 0.229 e. The van der Waals surface area contributed by atoms with Gasteiger partial charge in [0.25, 0.3) is 0 Å². The summed E-state index contributed by atoms with van der Waals surface area (Å²) in [6.45, 7) is 3.94. The Morgan fingerprint density at radius 1 is 1.06 bits per heavy atom. The largest absolute Gasteiger partial charge is 0.376 e. The van der Waals surface area contributed by atoms with Gasteiger partial charge in [-0.1, -0.05) is 12.1 Å². The molecule has 0 bridgehead atoms. The third kappa shape index (κ3) is 1.13. The molecule has 16 heavy (non-hydrogen) atoms. The van der Waals surface area contributed by atoms with E-state index in [9.17, 15) is 4.79 Å². The maximum atomic E-state index is 11.8. The normalized spacial score (nSPS) is 29.5. The summed E-state index contributed by atoms with van der Waals surface area (Å²) in [4.78, 5) is 11.8. The lowest BCUT2D eigenvalue weighted by Gasteiger charge is -2.35. The number of hydrogen-bond donors (Lipinski definition) is 3. The molecule has 2 atom stereocenters. The van der Waals surface area contributed by atoms with Gasteiger partial charge in [0.05, 0.1) is 22.8 Å². The summed E-state index contributed by atoms with van der Waals surface area (Å²) in [5.74, 6) is 0.0929. The number of para-hydroxylation sites is 2. The molecule has 2 aliphatic heterocycles. The van der Waals surface area contributed by atoms with Crippen molar-refractivity contribution in [2.24, 2.45) is 5.41 Å². The van der Waals surface area contributed by atoms with Gasteiger partial charge in [-0.3, -0.25) is 4.79 Å². The predicted molar refractivity (Wildman–Crippen MR) is 63.2 cm³/mol. The van der Waals surface area contributed by atoms with Crippen LogP contribution in [-0.4, -0.2) is 18.1 Å². The highest BCUT2D eigenvalue weighted by atomic mass is 16.2. The van der Waals surface area contributed by atoms with Gasteiger partial charge in [-0.2, -0.15) is 0 Å². The number of fused-ring (bicyclic) bond motifs is 2. The molecule has 0 saturated carbocycles. The topological polar surface area (TPSA) is 53.2 Å². The number of carbonyl (C=O) groups is 1. The lowest BCUT2D eigenvalue weighted by molar-refractivity contribution is -0.126. The Bertz CT molecular complexity index is 455. The lowest BCUT2D eigenvalue weighted by atomic mass is 9.85. The molecule has 0 radical (unpaired) electrons. The second kappa shape index (κ2) is 2.90. The molecule has 0 aliphatic carbocycles. The van der Waals surface area contributed by atoms with Crippen LogP contribution in [0.4, 0.5) is 11.4 Å². The minimum atomic E-state index is -0.384. The average Bonchev–Trinajstić information content (AvgIpc) is 2.48. The monoisotopic (exact) mass is 217 g/mol. The fourth-order valence-electron chi connectivity index (χ4n) is 2.42. The molecule has 3 rings (SSSR count). The predicted octanol–water partition coefficient (Wildman–Crippen LogP) is 1.37. The minimum Gasteiger partial charge on any atom is -0.376 e. The van der Waals surface area contributed by atoms with Crippen molar-refractivity contribution >= 4 is 17.3 Å². The van der Waals surface area contributed by atoms with Crippen LogP contribution < -0.4 is 16.0 Å². The van der Waals surface area contributed by atoms with E-state index >= 15 is 0 Å². The molecule has 4 heteroatoms. The van der Waals surface area contributed by atoms with E-state index in [2.05, 4.69) is 16.0 Å². The maximum absolute atomic E-state index is 11.8. The van der Waals surface area contributed by atoms with Crippen molar-refractivity contribution < 1.29 is 4.79 Å². The second-order valence-electron chi connectivity index (χ2n) is 4.98. The van der Waals surface area contributed by atoms with Crippen LogP contribution in [0.3, 0.4) is 0 Å². The van der Waals surface area contributed by atoms with E-state index in [-0.39, 0.29) is 23.5 Å². The van der Waals surface area contributed by atoms with Crippen LogP contribution in [0.1, 0.15) is 13.8 Å². The highest BCUT2D eigenvalue weighted by Gasteiger charge is 2.50. The molecule has 1 saturated heterocycles. The summed E-state index contributed by atoms with van der Waals surface area (Å²) >= 11 is 0. The van der Waals surface area contributed by atoms with Gasteiger partial charge in [-0.15, -0.1) is 0 Å². The third-order valence-corrected chi connectivity index (χ3v) is 3.53. The lowest BCUT2D eigenvalue weighted by Crippen LogP contribution is -2.48. The molecule has 1 aromatic rings.